The highest BCUT2D eigenvalue weighted by Gasteiger charge is 2.14. The predicted molar refractivity (Wildman–Crippen MR) is 85.3 cm³/mol. The van der Waals surface area contributed by atoms with E-state index in [4.69, 9.17) is 0 Å². The van der Waals surface area contributed by atoms with Gasteiger partial charge in [0.05, 0.1) is 4.83 Å². The predicted octanol–water partition coefficient (Wildman–Crippen LogP) is 3.23. The average Bonchev–Trinajstić information content (AvgIpc) is 2.37. The number of amides is 1. The Balaban J connectivity index is 2.52. The second-order valence-corrected chi connectivity index (χ2v) is 5.91. The van der Waals surface area contributed by atoms with E-state index in [1.165, 1.54) is 6.92 Å². The molecule has 0 fully saturated rings. The molecule has 0 spiro atoms. The lowest BCUT2D eigenvalue weighted by molar-refractivity contribution is -0.118. The van der Waals surface area contributed by atoms with Crippen molar-refractivity contribution >= 4 is 45.9 Å². The summed E-state index contributed by atoms with van der Waals surface area (Å²) in [5.41, 5.74) is 1.70. The highest BCUT2D eigenvalue weighted by atomic mass is 79.9. The molecule has 1 atom stereocenters. The van der Waals surface area contributed by atoms with Gasteiger partial charge in [-0.25, -0.2) is 0 Å². The molecule has 3 nitrogen and oxygen atoms in total. The monoisotopic (exact) mass is 343 g/mol. The van der Waals surface area contributed by atoms with Crippen molar-refractivity contribution in [1.82, 2.24) is 0 Å². The molecular weight excluding hydrogens is 326 g/mol. The molecule has 104 valence electrons. The Morgan fingerprint density at radius 2 is 1.95 bits per heavy atom. The Bertz CT molecular complexity index is 434. The maximum atomic E-state index is 11.9. The summed E-state index contributed by atoms with van der Waals surface area (Å²) in [6, 6.07) is 7.34. The molecule has 1 unspecified atom stereocenters. The van der Waals surface area contributed by atoms with Crippen LogP contribution in [0.25, 0.3) is 0 Å². The topological polar surface area (TPSA) is 46.2 Å². The summed E-state index contributed by atoms with van der Waals surface area (Å²) in [6.07, 6.45) is 2.14. The van der Waals surface area contributed by atoms with E-state index in [1.54, 1.807) is 12.1 Å². The van der Waals surface area contributed by atoms with Crippen LogP contribution in [0.15, 0.2) is 24.3 Å². The zero-order valence-corrected chi connectivity index (χ0v) is 13.3. The number of nitrogens with one attached hydrogen (secondary N) is 1. The van der Waals surface area contributed by atoms with E-state index in [9.17, 15) is 9.59 Å². The van der Waals surface area contributed by atoms with Gasteiger partial charge in [-0.15, -0.1) is 0 Å². The molecule has 0 bridgehead atoms. The summed E-state index contributed by atoms with van der Waals surface area (Å²) in [5.74, 6) is 0.867. The fourth-order valence-electron chi connectivity index (χ4n) is 1.65. The Morgan fingerprint density at radius 1 is 1.32 bits per heavy atom. The molecule has 5 heteroatoms. The molecule has 0 heterocycles. The first-order chi connectivity index (χ1) is 9.02. The van der Waals surface area contributed by atoms with Crippen LogP contribution >= 0.6 is 28.6 Å². The van der Waals surface area contributed by atoms with E-state index in [-0.39, 0.29) is 16.5 Å². The van der Waals surface area contributed by atoms with Crippen LogP contribution in [0.3, 0.4) is 0 Å². The van der Waals surface area contributed by atoms with Crippen LogP contribution in [0.1, 0.15) is 25.3 Å². The summed E-state index contributed by atoms with van der Waals surface area (Å²) >= 11 is 7.54. The highest BCUT2D eigenvalue weighted by molar-refractivity contribution is 9.10. The number of halogens is 1. The van der Waals surface area contributed by atoms with Gasteiger partial charge in [0.1, 0.15) is 0 Å². The summed E-state index contributed by atoms with van der Waals surface area (Å²) in [6.45, 7) is 1.47. The lowest BCUT2D eigenvalue weighted by Crippen LogP contribution is -2.16. The van der Waals surface area contributed by atoms with Gasteiger partial charge < -0.3 is 5.32 Å². The molecule has 1 N–H and O–H groups in total. The summed E-state index contributed by atoms with van der Waals surface area (Å²) in [5, 5.41) is 2.69. The number of carbonyl (C=O) groups is 2. The standard InChI is InChI=1S/C14H18BrNO2S/c1-10(17)16-12-6-4-11(5-7-12)9-14(18)13(15)3-2-8-19/h4-7,13,19H,2-3,8-9H2,1H3,(H,16,17). The van der Waals surface area contributed by atoms with Crippen LogP contribution in [0.5, 0.6) is 0 Å². The van der Waals surface area contributed by atoms with Gasteiger partial charge in [-0.3, -0.25) is 9.59 Å². The van der Waals surface area contributed by atoms with Gasteiger partial charge >= 0.3 is 0 Å². The molecule has 19 heavy (non-hydrogen) atoms. The Morgan fingerprint density at radius 3 is 2.47 bits per heavy atom. The van der Waals surface area contributed by atoms with Crippen molar-refractivity contribution in [3.05, 3.63) is 29.8 Å². The van der Waals surface area contributed by atoms with E-state index in [2.05, 4.69) is 33.9 Å². The number of anilines is 1. The quantitative estimate of drug-likeness (QED) is 0.589. The molecule has 0 aromatic heterocycles. The molecule has 0 aliphatic heterocycles. The highest BCUT2D eigenvalue weighted by Crippen LogP contribution is 2.15. The smallest absolute Gasteiger partial charge is 0.221 e. The molecule has 1 rings (SSSR count). The third kappa shape index (κ3) is 6.25. The van der Waals surface area contributed by atoms with Crippen molar-refractivity contribution in [2.75, 3.05) is 11.1 Å². The molecule has 0 saturated carbocycles. The fraction of sp³-hybridized carbons (Fsp3) is 0.429. The second-order valence-electron chi connectivity index (χ2n) is 4.35. The zero-order chi connectivity index (χ0) is 14.3. The van der Waals surface area contributed by atoms with E-state index in [0.717, 1.165) is 29.8 Å². The molecule has 1 aromatic carbocycles. The first-order valence-corrected chi connectivity index (χ1v) is 7.72. The number of thiol groups is 1. The van der Waals surface area contributed by atoms with Crippen LogP contribution in [0, 0.1) is 0 Å². The Hall–Kier alpha value is -0.810. The molecule has 0 aliphatic carbocycles. The van der Waals surface area contributed by atoms with Gasteiger partial charge in [0.15, 0.2) is 5.78 Å². The van der Waals surface area contributed by atoms with Crippen molar-refractivity contribution in [1.29, 1.82) is 0 Å². The minimum atomic E-state index is -0.102. The SMILES string of the molecule is CC(=O)Nc1ccc(CC(=O)C(Br)CCCS)cc1. The zero-order valence-electron chi connectivity index (χ0n) is 10.9. The normalized spacial score (nSPS) is 11.9. The fourth-order valence-corrected chi connectivity index (χ4v) is 2.32. The van der Waals surface area contributed by atoms with Crippen LogP contribution in [0.4, 0.5) is 5.69 Å². The lowest BCUT2D eigenvalue weighted by Gasteiger charge is -2.08. The van der Waals surface area contributed by atoms with Gasteiger partial charge in [0.2, 0.25) is 5.91 Å². The number of Topliss-reactive ketones (excluding diaryl/α,β-unsaturated/α-hetero) is 1. The van der Waals surface area contributed by atoms with Crippen molar-refractivity contribution in [2.45, 2.75) is 31.0 Å². The van der Waals surface area contributed by atoms with Crippen molar-refractivity contribution in [3.63, 3.8) is 0 Å². The van der Waals surface area contributed by atoms with Crippen molar-refractivity contribution < 1.29 is 9.59 Å². The summed E-state index contributed by atoms with van der Waals surface area (Å²) in [7, 11) is 0. The van der Waals surface area contributed by atoms with Gasteiger partial charge in [-0.1, -0.05) is 28.1 Å². The molecule has 0 aliphatic rings. The Labute approximate surface area is 127 Å². The van der Waals surface area contributed by atoms with E-state index < -0.39 is 0 Å². The van der Waals surface area contributed by atoms with Crippen LogP contribution < -0.4 is 5.32 Å². The summed E-state index contributed by atoms with van der Waals surface area (Å²) < 4.78 is 0. The number of rotatable bonds is 7. The first-order valence-electron chi connectivity index (χ1n) is 6.17. The van der Waals surface area contributed by atoms with Crippen LogP contribution in [0.2, 0.25) is 0 Å². The lowest BCUT2D eigenvalue weighted by atomic mass is 10.0. The second kappa shape index (κ2) is 8.38. The molecular formula is C14H18BrNO2S. The van der Waals surface area contributed by atoms with Crippen molar-refractivity contribution in [3.8, 4) is 0 Å². The number of hydrogen-bond acceptors (Lipinski definition) is 3. The minimum Gasteiger partial charge on any atom is -0.326 e. The largest absolute Gasteiger partial charge is 0.326 e. The molecule has 1 aromatic rings. The number of ketones is 1. The average molecular weight is 344 g/mol. The van der Waals surface area contributed by atoms with Gasteiger partial charge in [-0.2, -0.15) is 12.6 Å². The number of alkyl halides is 1. The van der Waals surface area contributed by atoms with E-state index in [0.29, 0.717) is 6.42 Å². The van der Waals surface area contributed by atoms with E-state index >= 15 is 0 Å². The Kier molecular flexibility index (Phi) is 7.16. The van der Waals surface area contributed by atoms with Crippen LogP contribution in [-0.4, -0.2) is 22.3 Å². The third-order valence-electron chi connectivity index (χ3n) is 2.62. The molecule has 0 saturated heterocycles. The van der Waals surface area contributed by atoms with Gasteiger partial charge in [0.25, 0.3) is 0 Å². The number of carbonyl (C=O) groups excluding carboxylic acids is 2. The maximum Gasteiger partial charge on any atom is 0.221 e. The van der Waals surface area contributed by atoms with E-state index in [1.807, 2.05) is 12.1 Å². The van der Waals surface area contributed by atoms with Crippen molar-refractivity contribution in [2.24, 2.45) is 0 Å². The minimum absolute atomic E-state index is 0.101. The number of benzene rings is 1. The maximum absolute atomic E-state index is 11.9. The number of hydrogen-bond donors (Lipinski definition) is 2. The summed E-state index contributed by atoms with van der Waals surface area (Å²) in [4.78, 5) is 22.7. The first kappa shape index (κ1) is 16.2. The molecule has 0 radical (unpaired) electrons. The van der Waals surface area contributed by atoms with Gasteiger partial charge in [-0.05, 0) is 36.3 Å². The molecule has 1 amide bonds. The third-order valence-corrected chi connectivity index (χ3v) is 3.90. The van der Waals surface area contributed by atoms with Crippen LogP contribution in [-0.2, 0) is 16.0 Å². The van der Waals surface area contributed by atoms with Gasteiger partial charge in [0, 0.05) is 19.0 Å².